The summed E-state index contributed by atoms with van der Waals surface area (Å²) in [4.78, 5) is 15.0. The van der Waals surface area contributed by atoms with Crippen LogP contribution in [0.15, 0.2) is 36.4 Å². The number of hydrogen-bond donors (Lipinski definition) is 1. The summed E-state index contributed by atoms with van der Waals surface area (Å²) < 4.78 is 1.91. The van der Waals surface area contributed by atoms with Gasteiger partial charge in [0, 0.05) is 24.8 Å². The minimum Gasteiger partial charge on any atom is -0.346 e. The highest BCUT2D eigenvalue weighted by Gasteiger charge is 2.23. The first kappa shape index (κ1) is 21.2. The second-order valence-electron chi connectivity index (χ2n) is 8.76. The van der Waals surface area contributed by atoms with E-state index in [0.717, 1.165) is 18.8 Å². The molecule has 1 aromatic carbocycles. The summed E-state index contributed by atoms with van der Waals surface area (Å²) in [5.41, 5.74) is 2.61. The molecule has 0 fully saturated rings. The lowest BCUT2D eigenvalue weighted by Gasteiger charge is -2.27. The molecule has 2 rings (SSSR count). The largest absolute Gasteiger partial charge is 0.346 e. The van der Waals surface area contributed by atoms with Gasteiger partial charge in [0.15, 0.2) is 0 Å². The zero-order valence-corrected chi connectivity index (χ0v) is 17.8. The van der Waals surface area contributed by atoms with Crippen molar-refractivity contribution in [1.82, 2.24) is 20.0 Å². The monoisotopic (exact) mass is 370 g/mol. The Bertz CT molecular complexity index is 743. The molecule has 1 aromatic heterocycles. The quantitative estimate of drug-likeness (QED) is 0.806. The molecule has 1 heterocycles. The van der Waals surface area contributed by atoms with Crippen LogP contribution in [-0.2, 0) is 12.1 Å². The lowest BCUT2D eigenvalue weighted by molar-refractivity contribution is 0.0905. The minimum absolute atomic E-state index is 0.0614. The number of rotatable bonds is 7. The number of aromatic nitrogens is 2. The lowest BCUT2D eigenvalue weighted by Crippen LogP contribution is -2.45. The summed E-state index contributed by atoms with van der Waals surface area (Å²) in [7, 11) is 2.09. The molecular formula is C22H34N4O. The van der Waals surface area contributed by atoms with Gasteiger partial charge in [-0.05, 0) is 52.3 Å². The number of nitrogens with one attached hydrogen (secondary N) is 1. The van der Waals surface area contributed by atoms with Crippen molar-refractivity contribution in [3.05, 3.63) is 53.3 Å². The van der Waals surface area contributed by atoms with Crippen molar-refractivity contribution in [3.8, 4) is 0 Å². The van der Waals surface area contributed by atoms with Crippen molar-refractivity contribution < 1.29 is 4.79 Å². The molecule has 0 bridgehead atoms. The Balaban J connectivity index is 2.04. The minimum atomic E-state index is -0.143. The van der Waals surface area contributed by atoms with E-state index < -0.39 is 0 Å². The van der Waals surface area contributed by atoms with E-state index in [9.17, 15) is 4.79 Å². The predicted octanol–water partition coefficient (Wildman–Crippen LogP) is 3.83. The number of carbonyl (C=O) groups is 1. The molecule has 5 nitrogen and oxygen atoms in total. The van der Waals surface area contributed by atoms with E-state index in [2.05, 4.69) is 81.2 Å². The van der Waals surface area contributed by atoms with Crippen LogP contribution in [0.1, 0.15) is 56.4 Å². The Morgan fingerprint density at radius 3 is 2.37 bits per heavy atom. The van der Waals surface area contributed by atoms with Gasteiger partial charge in [-0.3, -0.25) is 9.48 Å². The van der Waals surface area contributed by atoms with E-state index in [1.807, 2.05) is 23.7 Å². The predicted molar refractivity (Wildman–Crippen MR) is 111 cm³/mol. The molecule has 1 N–H and O–H groups in total. The number of aryl methyl sites for hydroxylation is 1. The summed E-state index contributed by atoms with van der Waals surface area (Å²) in [6, 6.07) is 12.3. The van der Waals surface area contributed by atoms with Gasteiger partial charge in [-0.1, -0.05) is 44.2 Å². The Hall–Kier alpha value is -2.14. The van der Waals surface area contributed by atoms with Crippen molar-refractivity contribution in [2.75, 3.05) is 13.6 Å². The summed E-state index contributed by atoms with van der Waals surface area (Å²) in [5.74, 6) is 0.228. The Morgan fingerprint density at radius 2 is 1.85 bits per heavy atom. The molecule has 0 saturated carbocycles. The Morgan fingerprint density at radius 1 is 1.22 bits per heavy atom. The average molecular weight is 371 g/mol. The third-order valence-corrected chi connectivity index (χ3v) is 4.68. The molecule has 1 amide bonds. The smallest absolute Gasteiger partial charge is 0.272 e. The molecule has 5 heteroatoms. The molecule has 0 aliphatic heterocycles. The number of benzene rings is 1. The molecule has 1 atom stereocenters. The first-order valence-electron chi connectivity index (χ1n) is 9.68. The van der Waals surface area contributed by atoms with E-state index in [4.69, 9.17) is 0 Å². The van der Waals surface area contributed by atoms with E-state index >= 15 is 0 Å². The first-order chi connectivity index (χ1) is 12.6. The van der Waals surface area contributed by atoms with Gasteiger partial charge in [0.25, 0.3) is 5.91 Å². The fraction of sp³-hybridized carbons (Fsp3) is 0.545. The van der Waals surface area contributed by atoms with E-state index in [1.165, 1.54) is 5.56 Å². The second kappa shape index (κ2) is 8.70. The number of hydrogen-bond acceptors (Lipinski definition) is 3. The van der Waals surface area contributed by atoms with Crippen LogP contribution in [0.25, 0.3) is 0 Å². The summed E-state index contributed by atoms with van der Waals surface area (Å²) in [6.07, 6.45) is 0. The topological polar surface area (TPSA) is 50.2 Å². The number of carbonyl (C=O) groups excluding carboxylic acids is 1. The highest BCUT2D eigenvalue weighted by Crippen LogP contribution is 2.17. The Labute approximate surface area is 163 Å². The number of amides is 1. The number of likely N-dealkylation sites (N-methyl/N-ethyl adjacent to an activating group) is 1. The zero-order chi connectivity index (χ0) is 20.2. The maximum absolute atomic E-state index is 12.8. The van der Waals surface area contributed by atoms with Gasteiger partial charge < -0.3 is 10.2 Å². The van der Waals surface area contributed by atoms with E-state index in [1.54, 1.807) is 0 Å². The van der Waals surface area contributed by atoms with Crippen LogP contribution in [0.5, 0.6) is 0 Å². The molecule has 0 unspecified atom stereocenters. The van der Waals surface area contributed by atoms with Gasteiger partial charge in [-0.15, -0.1) is 0 Å². The molecule has 0 saturated heterocycles. The maximum atomic E-state index is 12.8. The molecule has 148 valence electrons. The van der Waals surface area contributed by atoms with Crippen LogP contribution in [0.4, 0.5) is 0 Å². The van der Waals surface area contributed by atoms with Crippen molar-refractivity contribution in [2.45, 2.75) is 59.7 Å². The van der Waals surface area contributed by atoms with Crippen molar-refractivity contribution in [3.63, 3.8) is 0 Å². The second-order valence-corrected chi connectivity index (χ2v) is 8.76. The summed E-state index contributed by atoms with van der Waals surface area (Å²) in [5, 5.41) is 7.72. The molecule has 0 radical (unpaired) electrons. The normalized spacial score (nSPS) is 13.2. The van der Waals surface area contributed by atoms with Gasteiger partial charge in [0.2, 0.25) is 0 Å². The van der Waals surface area contributed by atoms with Gasteiger partial charge >= 0.3 is 0 Å². The van der Waals surface area contributed by atoms with Crippen molar-refractivity contribution in [1.29, 1.82) is 0 Å². The van der Waals surface area contributed by atoms with Crippen LogP contribution >= 0.6 is 0 Å². The van der Waals surface area contributed by atoms with Crippen LogP contribution in [0, 0.1) is 12.8 Å². The molecule has 0 aliphatic rings. The molecule has 0 aliphatic carbocycles. The highest BCUT2D eigenvalue weighted by molar-refractivity contribution is 5.92. The van der Waals surface area contributed by atoms with Gasteiger partial charge in [0.1, 0.15) is 5.69 Å². The van der Waals surface area contributed by atoms with Crippen molar-refractivity contribution in [2.24, 2.45) is 5.92 Å². The van der Waals surface area contributed by atoms with Crippen molar-refractivity contribution >= 4 is 5.91 Å². The fourth-order valence-electron chi connectivity index (χ4n) is 3.23. The van der Waals surface area contributed by atoms with Crippen LogP contribution in [-0.4, -0.2) is 40.2 Å². The fourth-order valence-corrected chi connectivity index (χ4v) is 3.23. The molecular weight excluding hydrogens is 336 g/mol. The lowest BCUT2D eigenvalue weighted by atomic mass is 10.0. The van der Waals surface area contributed by atoms with Gasteiger partial charge in [0.05, 0.1) is 5.54 Å². The standard InChI is InChI=1S/C22H34N4O/c1-16(2)20(15-25(7)14-18-11-9-8-10-12-18)23-21(27)19-13-17(3)26(24-19)22(4,5)6/h8-13,16,20H,14-15H2,1-7H3,(H,23,27)/t20-/m1/s1. The average Bonchev–Trinajstić information content (AvgIpc) is 2.97. The van der Waals surface area contributed by atoms with E-state index in [0.29, 0.717) is 11.6 Å². The molecule has 27 heavy (non-hydrogen) atoms. The SMILES string of the molecule is Cc1cc(C(=O)N[C@H](CN(C)Cc2ccccc2)C(C)C)nn1C(C)(C)C. The van der Waals surface area contributed by atoms with Crippen LogP contribution in [0.2, 0.25) is 0 Å². The molecule has 0 spiro atoms. The molecule has 2 aromatic rings. The van der Waals surface area contributed by atoms with Crippen LogP contribution in [0.3, 0.4) is 0 Å². The first-order valence-corrected chi connectivity index (χ1v) is 9.68. The summed E-state index contributed by atoms with van der Waals surface area (Å²) in [6.45, 7) is 14.2. The maximum Gasteiger partial charge on any atom is 0.272 e. The number of nitrogens with zero attached hydrogens (tertiary/aromatic N) is 3. The zero-order valence-electron chi connectivity index (χ0n) is 17.8. The third-order valence-electron chi connectivity index (χ3n) is 4.68. The van der Waals surface area contributed by atoms with Crippen LogP contribution < -0.4 is 5.32 Å². The Kier molecular flexibility index (Phi) is 6.82. The highest BCUT2D eigenvalue weighted by atomic mass is 16.2. The third kappa shape index (κ3) is 5.93. The van der Waals surface area contributed by atoms with E-state index in [-0.39, 0.29) is 17.5 Å². The van der Waals surface area contributed by atoms with Gasteiger partial charge in [-0.2, -0.15) is 5.10 Å². The summed E-state index contributed by atoms with van der Waals surface area (Å²) >= 11 is 0. The van der Waals surface area contributed by atoms with Gasteiger partial charge in [-0.25, -0.2) is 0 Å².